The Morgan fingerprint density at radius 1 is 1.03 bits per heavy atom. The molecular formula is C23H23F2N3O3. The van der Waals surface area contributed by atoms with Crippen LogP contribution in [-0.2, 0) is 16.0 Å². The minimum absolute atomic E-state index is 0.0268. The van der Waals surface area contributed by atoms with Crippen molar-refractivity contribution in [1.82, 2.24) is 9.80 Å². The summed E-state index contributed by atoms with van der Waals surface area (Å²) in [7, 11) is 0. The van der Waals surface area contributed by atoms with Crippen molar-refractivity contribution in [3.63, 3.8) is 0 Å². The fourth-order valence-corrected chi connectivity index (χ4v) is 4.23. The molecule has 2 heterocycles. The number of fused-ring (bicyclic) bond motifs is 1. The van der Waals surface area contributed by atoms with E-state index in [-0.39, 0.29) is 36.7 Å². The van der Waals surface area contributed by atoms with Gasteiger partial charge in [-0.25, -0.2) is 18.5 Å². The lowest BCUT2D eigenvalue weighted by atomic mass is 9.92. The summed E-state index contributed by atoms with van der Waals surface area (Å²) in [6.07, 6.45) is -0.126. The summed E-state index contributed by atoms with van der Waals surface area (Å²) < 4.78 is 27.3. The molecule has 2 fully saturated rings. The minimum Gasteiger partial charge on any atom is -0.339 e. The predicted molar refractivity (Wildman–Crippen MR) is 110 cm³/mol. The van der Waals surface area contributed by atoms with Crippen LogP contribution >= 0.6 is 0 Å². The fraction of sp³-hybridized carbons (Fsp3) is 0.348. The van der Waals surface area contributed by atoms with Crippen LogP contribution in [0.2, 0.25) is 0 Å². The molecule has 4 amide bonds. The molecule has 2 aromatic carbocycles. The highest BCUT2D eigenvalue weighted by molar-refractivity contribution is 6.21. The van der Waals surface area contributed by atoms with E-state index in [1.54, 1.807) is 18.2 Å². The SMILES string of the molecule is CC1(C)CN(C(=O)Cc2ccccc2F)CC2C(=O)N(c3ccc(F)cc3)C(=O)N2C1. The second kappa shape index (κ2) is 7.76. The zero-order valence-electron chi connectivity index (χ0n) is 17.3. The van der Waals surface area contributed by atoms with Crippen molar-refractivity contribution >= 4 is 23.5 Å². The molecule has 1 atom stereocenters. The van der Waals surface area contributed by atoms with Gasteiger partial charge in [0.1, 0.15) is 17.7 Å². The number of hydrogen-bond donors (Lipinski definition) is 0. The molecule has 2 aliphatic heterocycles. The molecule has 31 heavy (non-hydrogen) atoms. The minimum atomic E-state index is -0.844. The Kier molecular flexibility index (Phi) is 5.24. The smallest absolute Gasteiger partial charge is 0.332 e. The zero-order valence-corrected chi connectivity index (χ0v) is 17.3. The zero-order chi connectivity index (χ0) is 22.3. The summed E-state index contributed by atoms with van der Waals surface area (Å²) in [4.78, 5) is 43.3. The van der Waals surface area contributed by atoms with Gasteiger partial charge in [0.05, 0.1) is 18.7 Å². The van der Waals surface area contributed by atoms with Gasteiger partial charge in [0.15, 0.2) is 0 Å². The lowest BCUT2D eigenvalue weighted by molar-refractivity contribution is -0.132. The van der Waals surface area contributed by atoms with E-state index in [2.05, 4.69) is 0 Å². The van der Waals surface area contributed by atoms with Crippen LogP contribution in [0.25, 0.3) is 0 Å². The highest BCUT2D eigenvalue weighted by atomic mass is 19.1. The average molecular weight is 427 g/mol. The number of hydrogen-bond acceptors (Lipinski definition) is 3. The van der Waals surface area contributed by atoms with Crippen LogP contribution in [0.3, 0.4) is 0 Å². The second-order valence-electron chi connectivity index (χ2n) is 8.78. The lowest BCUT2D eigenvalue weighted by Crippen LogP contribution is -2.44. The van der Waals surface area contributed by atoms with E-state index in [0.717, 1.165) is 4.90 Å². The van der Waals surface area contributed by atoms with Gasteiger partial charge in [0, 0.05) is 18.5 Å². The molecule has 0 bridgehead atoms. The molecule has 162 valence electrons. The van der Waals surface area contributed by atoms with Crippen molar-refractivity contribution in [3.8, 4) is 0 Å². The maximum atomic E-state index is 14.0. The Balaban J connectivity index is 1.61. The maximum Gasteiger partial charge on any atom is 0.332 e. The van der Waals surface area contributed by atoms with E-state index >= 15 is 0 Å². The molecule has 0 aliphatic carbocycles. The lowest BCUT2D eigenvalue weighted by Gasteiger charge is -2.30. The molecular weight excluding hydrogens is 404 g/mol. The normalized spacial score (nSPS) is 20.6. The van der Waals surface area contributed by atoms with Crippen molar-refractivity contribution in [2.75, 3.05) is 24.5 Å². The van der Waals surface area contributed by atoms with Gasteiger partial charge in [0.2, 0.25) is 5.91 Å². The van der Waals surface area contributed by atoms with Crippen LogP contribution in [0.1, 0.15) is 19.4 Å². The van der Waals surface area contributed by atoms with Gasteiger partial charge < -0.3 is 9.80 Å². The number of amides is 4. The molecule has 0 spiro atoms. The summed E-state index contributed by atoms with van der Waals surface area (Å²) in [6, 6.07) is 9.89. The third kappa shape index (κ3) is 4.02. The van der Waals surface area contributed by atoms with Crippen LogP contribution < -0.4 is 4.90 Å². The third-order valence-electron chi connectivity index (χ3n) is 5.67. The maximum absolute atomic E-state index is 14.0. The third-order valence-corrected chi connectivity index (χ3v) is 5.67. The van der Waals surface area contributed by atoms with E-state index in [0.29, 0.717) is 6.54 Å². The number of carbonyl (C=O) groups is 3. The second-order valence-corrected chi connectivity index (χ2v) is 8.78. The van der Waals surface area contributed by atoms with Crippen molar-refractivity contribution in [2.24, 2.45) is 5.41 Å². The topological polar surface area (TPSA) is 60.9 Å². The van der Waals surface area contributed by atoms with Crippen LogP contribution in [0, 0.1) is 17.0 Å². The molecule has 2 saturated heterocycles. The van der Waals surface area contributed by atoms with E-state index in [9.17, 15) is 23.2 Å². The number of urea groups is 1. The first-order valence-electron chi connectivity index (χ1n) is 10.1. The number of imide groups is 1. The number of anilines is 1. The summed E-state index contributed by atoms with van der Waals surface area (Å²) in [5, 5.41) is 0. The molecule has 0 radical (unpaired) electrons. The molecule has 2 aromatic rings. The highest BCUT2D eigenvalue weighted by Crippen LogP contribution is 2.32. The van der Waals surface area contributed by atoms with Crippen LogP contribution in [-0.4, -0.2) is 53.3 Å². The summed E-state index contributed by atoms with van der Waals surface area (Å²) in [6.45, 7) is 4.47. The van der Waals surface area contributed by atoms with Crippen molar-refractivity contribution in [2.45, 2.75) is 26.3 Å². The molecule has 2 aliphatic rings. The van der Waals surface area contributed by atoms with Crippen LogP contribution in [0.4, 0.5) is 19.3 Å². The summed E-state index contributed by atoms with van der Waals surface area (Å²) in [5.41, 5.74) is 0.0914. The predicted octanol–water partition coefficient (Wildman–Crippen LogP) is 3.21. The standard InChI is InChI=1S/C23H23F2N3O3/c1-23(2)13-26(20(29)11-15-5-3-4-6-18(15)25)12-19-21(30)28(22(31)27(19)14-23)17-9-7-16(24)8-10-17/h3-10,19H,11-14H2,1-2H3. The average Bonchev–Trinajstić information content (AvgIpc) is 2.85. The van der Waals surface area contributed by atoms with Crippen molar-refractivity contribution < 1.29 is 23.2 Å². The van der Waals surface area contributed by atoms with E-state index in [1.165, 1.54) is 40.1 Å². The van der Waals surface area contributed by atoms with E-state index in [4.69, 9.17) is 0 Å². The Morgan fingerprint density at radius 3 is 2.39 bits per heavy atom. The molecule has 0 N–H and O–H groups in total. The summed E-state index contributed by atoms with van der Waals surface area (Å²) >= 11 is 0. The van der Waals surface area contributed by atoms with Gasteiger partial charge in [-0.3, -0.25) is 9.59 Å². The van der Waals surface area contributed by atoms with Crippen molar-refractivity contribution in [3.05, 3.63) is 65.7 Å². The van der Waals surface area contributed by atoms with Gasteiger partial charge in [-0.05, 0) is 35.9 Å². The Hall–Kier alpha value is -3.29. The quantitative estimate of drug-likeness (QED) is 0.707. The fourth-order valence-electron chi connectivity index (χ4n) is 4.23. The first kappa shape index (κ1) is 21.0. The number of rotatable bonds is 3. The Bertz CT molecular complexity index is 1040. The van der Waals surface area contributed by atoms with Gasteiger partial charge >= 0.3 is 6.03 Å². The molecule has 4 rings (SSSR count). The molecule has 1 unspecified atom stereocenters. The first-order valence-corrected chi connectivity index (χ1v) is 10.1. The summed E-state index contributed by atoms with van der Waals surface area (Å²) in [5.74, 6) is -1.69. The highest BCUT2D eigenvalue weighted by Gasteiger charge is 2.50. The van der Waals surface area contributed by atoms with Gasteiger partial charge in [-0.15, -0.1) is 0 Å². The first-order chi connectivity index (χ1) is 14.7. The Morgan fingerprint density at radius 2 is 1.71 bits per heavy atom. The van der Waals surface area contributed by atoms with Gasteiger partial charge in [0.25, 0.3) is 5.91 Å². The van der Waals surface area contributed by atoms with E-state index < -0.39 is 35.0 Å². The number of nitrogens with zero attached hydrogens (tertiary/aromatic N) is 3. The van der Waals surface area contributed by atoms with Crippen LogP contribution in [0.5, 0.6) is 0 Å². The molecule has 0 saturated carbocycles. The Labute approximate surface area is 179 Å². The number of halogens is 2. The van der Waals surface area contributed by atoms with E-state index in [1.807, 2.05) is 13.8 Å². The monoisotopic (exact) mass is 427 g/mol. The van der Waals surface area contributed by atoms with Gasteiger partial charge in [-0.1, -0.05) is 32.0 Å². The molecule has 0 aromatic heterocycles. The number of benzene rings is 2. The molecule has 6 nitrogen and oxygen atoms in total. The number of carbonyl (C=O) groups excluding carboxylic acids is 3. The molecule has 8 heteroatoms. The van der Waals surface area contributed by atoms with Crippen LogP contribution in [0.15, 0.2) is 48.5 Å². The van der Waals surface area contributed by atoms with Gasteiger partial charge in [-0.2, -0.15) is 0 Å². The largest absolute Gasteiger partial charge is 0.339 e. The van der Waals surface area contributed by atoms with Crippen molar-refractivity contribution in [1.29, 1.82) is 0 Å².